The zero-order valence-corrected chi connectivity index (χ0v) is 11.5. The second-order valence-electron chi connectivity index (χ2n) is 4.09. The molecular weight excluding hydrogens is 317 g/mol. The van der Waals surface area contributed by atoms with Crippen LogP contribution >= 0.6 is 0 Å². The van der Waals surface area contributed by atoms with Crippen LogP contribution in [0, 0.1) is 12.3 Å². The molecule has 1 fully saturated rings. The van der Waals surface area contributed by atoms with E-state index < -0.39 is 23.1 Å². The van der Waals surface area contributed by atoms with E-state index in [0.717, 1.165) is 0 Å². The Hall–Kier alpha value is -1.36. The summed E-state index contributed by atoms with van der Waals surface area (Å²) in [5.41, 5.74) is 5.31. The van der Waals surface area contributed by atoms with Gasteiger partial charge in [-0.2, -0.15) is 0 Å². The van der Waals surface area contributed by atoms with Crippen molar-refractivity contribution in [2.45, 2.75) is 22.0 Å². The number of amides is 1. The van der Waals surface area contributed by atoms with Gasteiger partial charge in [0.15, 0.2) is 0 Å². The van der Waals surface area contributed by atoms with Crippen molar-refractivity contribution in [3.63, 3.8) is 0 Å². The number of imidazole rings is 1. The van der Waals surface area contributed by atoms with E-state index in [9.17, 15) is 15.0 Å². The molecule has 1 saturated heterocycles. The Labute approximate surface area is 115 Å². The first kappa shape index (κ1) is 14.1. The standard InChI is InChI=1S/C11H13N3O4Se/c1-2-5-7(10(12)18)13-4-14(5)11-9(17)8(16)6(3-15)19-11/h1,4,6,8-9,11,15-17H,3H2,(H2,12,18)/t6-,8-,9-,11-/m1/s1. The molecule has 1 aromatic heterocycles. The first-order valence-corrected chi connectivity index (χ1v) is 7.44. The molecule has 0 aromatic carbocycles. The number of nitrogens with two attached hydrogens (primary N) is 1. The zero-order chi connectivity index (χ0) is 14.2. The van der Waals surface area contributed by atoms with Gasteiger partial charge in [-0.15, -0.1) is 0 Å². The number of nitrogens with zero attached hydrogens (tertiary/aromatic N) is 2. The quantitative estimate of drug-likeness (QED) is 0.366. The summed E-state index contributed by atoms with van der Waals surface area (Å²) in [7, 11) is 0. The molecule has 0 saturated carbocycles. The molecule has 1 amide bonds. The maximum atomic E-state index is 11.2. The predicted molar refractivity (Wildman–Crippen MR) is 66.3 cm³/mol. The number of carbonyl (C=O) groups excluding carboxylic acids is 1. The van der Waals surface area contributed by atoms with E-state index in [1.807, 2.05) is 0 Å². The normalized spacial score (nSPS) is 30.2. The van der Waals surface area contributed by atoms with E-state index in [1.54, 1.807) is 0 Å². The van der Waals surface area contributed by atoms with Crippen LogP contribution in [0.3, 0.4) is 0 Å². The summed E-state index contributed by atoms with van der Waals surface area (Å²) in [4.78, 5) is 14.2. The van der Waals surface area contributed by atoms with Crippen LogP contribution in [-0.2, 0) is 0 Å². The van der Waals surface area contributed by atoms with Crippen molar-refractivity contribution in [1.29, 1.82) is 0 Å². The monoisotopic (exact) mass is 331 g/mol. The van der Waals surface area contributed by atoms with Gasteiger partial charge in [0.25, 0.3) is 0 Å². The van der Waals surface area contributed by atoms with Gasteiger partial charge in [-0.05, 0) is 0 Å². The third-order valence-corrected chi connectivity index (χ3v) is 6.23. The number of hydrogen-bond acceptors (Lipinski definition) is 5. The number of hydrogen-bond donors (Lipinski definition) is 4. The summed E-state index contributed by atoms with van der Waals surface area (Å²) in [6.45, 7) is -0.211. The van der Waals surface area contributed by atoms with Crippen molar-refractivity contribution in [3.05, 3.63) is 17.7 Å². The number of primary amides is 1. The molecule has 2 rings (SSSR count). The van der Waals surface area contributed by atoms with Gasteiger partial charge in [-0.3, -0.25) is 0 Å². The number of aromatic nitrogens is 2. The Bertz CT molecular complexity index is 539. The molecule has 0 bridgehead atoms. The molecule has 0 spiro atoms. The first-order chi connectivity index (χ1) is 9.01. The number of carbonyl (C=O) groups is 1. The van der Waals surface area contributed by atoms with Gasteiger partial charge in [0.05, 0.1) is 0 Å². The van der Waals surface area contributed by atoms with Gasteiger partial charge in [0, 0.05) is 0 Å². The molecule has 0 unspecified atom stereocenters. The van der Waals surface area contributed by atoms with Crippen LogP contribution in [0.25, 0.3) is 0 Å². The summed E-state index contributed by atoms with van der Waals surface area (Å²) in [5.74, 6) is 1.58. The third-order valence-electron chi connectivity index (χ3n) is 2.96. The molecule has 7 nitrogen and oxygen atoms in total. The van der Waals surface area contributed by atoms with Gasteiger partial charge in [0.2, 0.25) is 0 Å². The zero-order valence-electron chi connectivity index (χ0n) is 9.80. The number of terminal acetylenes is 1. The van der Waals surface area contributed by atoms with Gasteiger partial charge in [-0.1, -0.05) is 0 Å². The SMILES string of the molecule is C#Cc1c(C(N)=O)ncn1[C@@H]1[Se][C@H](CO)[C@@H](O)[C@H]1O. The van der Waals surface area contributed by atoms with E-state index in [1.165, 1.54) is 10.9 Å². The van der Waals surface area contributed by atoms with Gasteiger partial charge < -0.3 is 0 Å². The maximum absolute atomic E-state index is 11.2. The fraction of sp³-hybridized carbons (Fsp3) is 0.455. The molecule has 102 valence electrons. The Morgan fingerprint density at radius 2 is 2.26 bits per heavy atom. The molecule has 1 aliphatic rings. The molecule has 8 heteroatoms. The fourth-order valence-corrected chi connectivity index (χ4v) is 4.88. The van der Waals surface area contributed by atoms with E-state index in [4.69, 9.17) is 17.3 Å². The average molecular weight is 330 g/mol. The second-order valence-corrected chi connectivity index (χ2v) is 6.94. The van der Waals surface area contributed by atoms with Crippen molar-refractivity contribution in [2.75, 3.05) is 6.61 Å². The minimum absolute atomic E-state index is 0.0348. The molecule has 0 radical (unpaired) electrons. The molecule has 1 aromatic rings. The minimum atomic E-state index is -1.06. The van der Waals surface area contributed by atoms with Crippen molar-refractivity contribution in [1.82, 2.24) is 9.55 Å². The summed E-state index contributed by atoms with van der Waals surface area (Å²) >= 11 is -0.283. The van der Waals surface area contributed by atoms with Crippen molar-refractivity contribution < 1.29 is 20.1 Å². The van der Waals surface area contributed by atoms with Crippen LogP contribution < -0.4 is 5.73 Å². The van der Waals surface area contributed by atoms with E-state index in [-0.39, 0.29) is 37.8 Å². The van der Waals surface area contributed by atoms with Crippen LogP contribution in [0.4, 0.5) is 0 Å². The molecule has 2 heterocycles. The number of rotatable bonds is 3. The molecule has 1 aliphatic heterocycles. The summed E-state index contributed by atoms with van der Waals surface area (Å²) in [6.07, 6.45) is 4.60. The predicted octanol–water partition coefficient (Wildman–Crippen LogP) is -2.32. The molecule has 19 heavy (non-hydrogen) atoms. The van der Waals surface area contributed by atoms with Crippen LogP contribution in [0.1, 0.15) is 21.1 Å². The van der Waals surface area contributed by atoms with Crippen LogP contribution in [0.5, 0.6) is 0 Å². The molecule has 4 atom stereocenters. The Kier molecular flexibility index (Phi) is 3.94. The summed E-state index contributed by atoms with van der Waals surface area (Å²) in [5, 5.41) is 28.9. The van der Waals surface area contributed by atoms with Crippen LogP contribution in [0.15, 0.2) is 6.33 Å². The topological polar surface area (TPSA) is 122 Å². The number of aliphatic hydroxyl groups is 3. The van der Waals surface area contributed by atoms with E-state index in [0.29, 0.717) is 0 Å². The summed E-state index contributed by atoms with van der Waals surface area (Å²) in [6, 6.07) is 0. The number of aliphatic hydroxyl groups excluding tert-OH is 3. The first-order valence-electron chi connectivity index (χ1n) is 5.47. The fourth-order valence-electron chi connectivity index (χ4n) is 1.99. The van der Waals surface area contributed by atoms with Crippen molar-refractivity contribution >= 4 is 20.9 Å². The van der Waals surface area contributed by atoms with Gasteiger partial charge in [-0.25, -0.2) is 0 Å². The van der Waals surface area contributed by atoms with Crippen molar-refractivity contribution in [2.24, 2.45) is 5.73 Å². The summed E-state index contributed by atoms with van der Waals surface area (Å²) < 4.78 is 1.48. The van der Waals surface area contributed by atoms with Crippen LogP contribution in [-0.4, -0.2) is 64.5 Å². The Morgan fingerprint density at radius 3 is 2.74 bits per heavy atom. The average Bonchev–Trinajstić information content (AvgIpc) is 2.92. The molecule has 0 aliphatic carbocycles. The Morgan fingerprint density at radius 1 is 1.58 bits per heavy atom. The molecular formula is C11H13N3O4Se. The van der Waals surface area contributed by atoms with E-state index in [2.05, 4.69) is 10.9 Å². The van der Waals surface area contributed by atoms with Gasteiger partial charge in [0.1, 0.15) is 0 Å². The van der Waals surface area contributed by atoms with E-state index >= 15 is 0 Å². The van der Waals surface area contributed by atoms with Crippen LogP contribution in [0.2, 0.25) is 4.82 Å². The third kappa shape index (κ3) is 2.27. The second kappa shape index (κ2) is 5.33. The van der Waals surface area contributed by atoms with Gasteiger partial charge >= 0.3 is 115 Å². The Balaban J connectivity index is 2.39. The van der Waals surface area contributed by atoms with Crippen molar-refractivity contribution in [3.8, 4) is 12.3 Å². The molecule has 5 N–H and O–H groups in total.